The number of hydrogen-bond donors (Lipinski definition) is 2. The van der Waals surface area contributed by atoms with Crippen LogP contribution < -0.4 is 10.6 Å². The van der Waals surface area contributed by atoms with E-state index in [0.29, 0.717) is 12.2 Å². The van der Waals surface area contributed by atoms with Gasteiger partial charge >= 0.3 is 0 Å². The highest BCUT2D eigenvalue weighted by Crippen LogP contribution is 2.38. The molecule has 0 aliphatic heterocycles. The van der Waals surface area contributed by atoms with Gasteiger partial charge in [0.25, 0.3) is 0 Å². The minimum atomic E-state index is -2.10. The van der Waals surface area contributed by atoms with Crippen LogP contribution in [0.4, 0.5) is 4.39 Å². The first-order valence-electron chi connectivity index (χ1n) is 12.0. The summed E-state index contributed by atoms with van der Waals surface area (Å²) in [6, 6.07) is 4.19. The van der Waals surface area contributed by atoms with Gasteiger partial charge in [-0.25, -0.2) is 4.39 Å². The molecule has 0 fully saturated rings. The van der Waals surface area contributed by atoms with Crippen molar-refractivity contribution in [1.82, 2.24) is 10.6 Å². The average molecular weight is 533 g/mol. The van der Waals surface area contributed by atoms with Crippen molar-refractivity contribution < 1.29 is 18.0 Å². The highest BCUT2D eigenvalue weighted by atomic mass is 35.5. The summed E-state index contributed by atoms with van der Waals surface area (Å²) in [5.41, 5.74) is 0.328. The summed E-state index contributed by atoms with van der Waals surface area (Å²) in [4.78, 5) is 12.8. The largest absolute Gasteiger partial charge is 0.415 e. The molecule has 0 aliphatic rings. The summed E-state index contributed by atoms with van der Waals surface area (Å²) in [6.07, 6.45) is 0. The number of nitrogens with one attached hydrogen (secondary N) is 2. The van der Waals surface area contributed by atoms with Gasteiger partial charge in [-0.2, -0.15) is 0 Å². The Morgan fingerprint density at radius 2 is 1.50 bits per heavy atom. The smallest absolute Gasteiger partial charge is 0.234 e. The zero-order valence-electron chi connectivity index (χ0n) is 23.0. The van der Waals surface area contributed by atoms with Gasteiger partial charge in [-0.15, -0.1) is 0 Å². The molecule has 1 rings (SSSR count). The van der Waals surface area contributed by atoms with E-state index in [2.05, 4.69) is 78.4 Å². The minimum Gasteiger partial charge on any atom is -0.415 e. The Balaban J connectivity index is 2.83. The number of benzene rings is 1. The highest BCUT2D eigenvalue weighted by molar-refractivity contribution is 6.74. The molecule has 0 saturated carbocycles. The molecule has 2 atom stereocenters. The Bertz CT molecular complexity index is 823. The summed E-state index contributed by atoms with van der Waals surface area (Å²) < 4.78 is 27.4. The minimum absolute atomic E-state index is 0.00436. The number of amides is 1. The predicted molar refractivity (Wildman–Crippen MR) is 146 cm³/mol. The molecule has 34 heavy (non-hydrogen) atoms. The van der Waals surface area contributed by atoms with Crippen LogP contribution in [0, 0.1) is 5.82 Å². The normalized spacial score (nSPS) is 15.2. The Morgan fingerprint density at radius 1 is 1.00 bits per heavy atom. The van der Waals surface area contributed by atoms with Gasteiger partial charge in [0.05, 0.1) is 24.2 Å². The third kappa shape index (κ3) is 9.02. The molecule has 0 bridgehead atoms. The lowest BCUT2D eigenvalue weighted by Crippen LogP contribution is -2.47. The summed E-state index contributed by atoms with van der Waals surface area (Å²) in [5.74, 6) is -0.764. The van der Waals surface area contributed by atoms with Crippen LogP contribution in [0.15, 0.2) is 18.2 Å². The number of halogens is 2. The van der Waals surface area contributed by atoms with Crippen LogP contribution in [0.2, 0.25) is 41.3 Å². The molecule has 0 heterocycles. The maximum absolute atomic E-state index is 14.8. The van der Waals surface area contributed by atoms with E-state index in [1.54, 1.807) is 12.1 Å². The number of rotatable bonds is 11. The molecule has 5 nitrogen and oxygen atoms in total. The van der Waals surface area contributed by atoms with E-state index in [4.69, 9.17) is 20.5 Å². The van der Waals surface area contributed by atoms with Gasteiger partial charge in [0.1, 0.15) is 5.82 Å². The molecule has 0 aromatic heterocycles. The standard InChI is InChI=1S/C25H46ClFN2O3Si2/c1-18(16-31-33(8,9)24(2,3)4)28-15-22(30)29-21(17-32-34(10,11)25(5,6)7)19-13-12-14-20(26)23(19)27/h12-14,18,21,28H,15-17H2,1-11H3,(H,29,30). The van der Waals surface area contributed by atoms with Crippen molar-refractivity contribution in [2.24, 2.45) is 0 Å². The zero-order valence-corrected chi connectivity index (χ0v) is 25.7. The summed E-state index contributed by atoms with van der Waals surface area (Å²) in [7, 11) is -3.96. The van der Waals surface area contributed by atoms with Gasteiger partial charge in [0, 0.05) is 18.2 Å². The SMILES string of the molecule is CC(CO[Si](C)(C)C(C)(C)C)NCC(=O)NC(CO[Si](C)(C)C(C)(C)C)c1cccc(Cl)c1F. The van der Waals surface area contributed by atoms with Crippen LogP contribution in [0.1, 0.15) is 60.1 Å². The first kappa shape index (κ1) is 31.3. The van der Waals surface area contributed by atoms with Crippen molar-refractivity contribution in [2.75, 3.05) is 19.8 Å². The third-order valence-electron chi connectivity index (χ3n) is 7.22. The summed E-state index contributed by atoms with van der Waals surface area (Å²) in [5, 5.41) is 6.31. The van der Waals surface area contributed by atoms with Crippen LogP contribution in [0.5, 0.6) is 0 Å². The van der Waals surface area contributed by atoms with Crippen LogP contribution in [0.25, 0.3) is 0 Å². The molecule has 1 aromatic carbocycles. The van der Waals surface area contributed by atoms with E-state index >= 15 is 0 Å². The first-order valence-corrected chi connectivity index (χ1v) is 18.2. The lowest BCUT2D eigenvalue weighted by molar-refractivity contribution is -0.121. The third-order valence-corrected chi connectivity index (χ3v) is 16.5. The highest BCUT2D eigenvalue weighted by Gasteiger charge is 2.38. The molecule has 9 heteroatoms. The van der Waals surface area contributed by atoms with Gasteiger partial charge in [0.15, 0.2) is 16.6 Å². The van der Waals surface area contributed by atoms with E-state index < -0.39 is 28.5 Å². The van der Waals surface area contributed by atoms with E-state index in [9.17, 15) is 9.18 Å². The monoisotopic (exact) mass is 532 g/mol. The van der Waals surface area contributed by atoms with Gasteiger partial charge in [0.2, 0.25) is 5.91 Å². The molecule has 0 saturated heterocycles. The van der Waals surface area contributed by atoms with Crippen molar-refractivity contribution >= 4 is 34.1 Å². The molecule has 0 radical (unpaired) electrons. The van der Waals surface area contributed by atoms with Crippen molar-refractivity contribution in [3.05, 3.63) is 34.6 Å². The van der Waals surface area contributed by atoms with Gasteiger partial charge in [-0.1, -0.05) is 65.3 Å². The first-order chi connectivity index (χ1) is 15.3. The van der Waals surface area contributed by atoms with Crippen LogP contribution >= 0.6 is 11.6 Å². The predicted octanol–water partition coefficient (Wildman–Crippen LogP) is 6.66. The van der Waals surface area contributed by atoms with Crippen molar-refractivity contribution in [3.8, 4) is 0 Å². The van der Waals surface area contributed by atoms with Crippen LogP contribution in [-0.4, -0.2) is 48.3 Å². The maximum atomic E-state index is 14.8. The number of carbonyl (C=O) groups excluding carboxylic acids is 1. The number of hydrogen-bond acceptors (Lipinski definition) is 4. The Morgan fingerprint density at radius 3 is 2.00 bits per heavy atom. The fourth-order valence-corrected chi connectivity index (χ4v) is 4.93. The second kappa shape index (κ2) is 12.0. The van der Waals surface area contributed by atoms with Gasteiger partial charge in [-0.3, -0.25) is 4.79 Å². The lowest BCUT2D eigenvalue weighted by atomic mass is 10.1. The van der Waals surface area contributed by atoms with E-state index in [-0.39, 0.29) is 40.2 Å². The maximum Gasteiger partial charge on any atom is 0.234 e. The van der Waals surface area contributed by atoms with Gasteiger partial charge < -0.3 is 19.5 Å². The fourth-order valence-electron chi connectivity index (χ4n) is 2.63. The molecule has 2 N–H and O–H groups in total. The van der Waals surface area contributed by atoms with E-state index in [1.165, 1.54) is 6.07 Å². The fraction of sp³-hybridized carbons (Fsp3) is 0.720. The molecule has 1 aromatic rings. The molecule has 0 spiro atoms. The zero-order chi connectivity index (χ0) is 26.5. The van der Waals surface area contributed by atoms with E-state index in [1.807, 2.05) is 6.92 Å². The molecule has 2 unspecified atom stereocenters. The van der Waals surface area contributed by atoms with Crippen molar-refractivity contribution in [2.45, 2.75) is 96.8 Å². The van der Waals surface area contributed by atoms with Crippen molar-refractivity contribution in [1.29, 1.82) is 0 Å². The van der Waals surface area contributed by atoms with Crippen LogP contribution in [0.3, 0.4) is 0 Å². The van der Waals surface area contributed by atoms with Gasteiger partial charge in [-0.05, 0) is 49.3 Å². The second-order valence-corrected chi connectivity index (χ2v) is 22.2. The average Bonchev–Trinajstić information content (AvgIpc) is 2.68. The molecular formula is C25H46ClFN2O3Si2. The second-order valence-electron chi connectivity index (χ2n) is 12.2. The molecule has 1 amide bonds. The Hall–Kier alpha value is -0.776. The molecular weight excluding hydrogens is 487 g/mol. The Kier molecular flexibility index (Phi) is 11.0. The van der Waals surface area contributed by atoms with E-state index in [0.717, 1.165) is 0 Å². The van der Waals surface area contributed by atoms with Crippen molar-refractivity contribution in [3.63, 3.8) is 0 Å². The number of carbonyl (C=O) groups is 1. The lowest BCUT2D eigenvalue weighted by Gasteiger charge is -2.37. The molecule has 0 aliphatic carbocycles. The summed E-state index contributed by atoms with van der Waals surface area (Å²) in [6.45, 7) is 24.5. The van der Waals surface area contributed by atoms with Crippen LogP contribution in [-0.2, 0) is 13.6 Å². The topological polar surface area (TPSA) is 59.6 Å². The quantitative estimate of drug-likeness (QED) is 0.313. The molecule has 196 valence electrons. The Labute approximate surface area is 213 Å². The summed E-state index contributed by atoms with van der Waals surface area (Å²) >= 11 is 6.02.